The van der Waals surface area contributed by atoms with E-state index in [2.05, 4.69) is 48.6 Å². The largest absolute Gasteiger partial charge is 0.273 e. The average Bonchev–Trinajstić information content (AvgIpc) is 2.65. The Morgan fingerprint density at radius 1 is 0.846 bits per heavy atom. The first-order valence-electron chi connectivity index (χ1n) is 10.6. The number of carbonyl (C=O) groups is 1. The predicted octanol–water partition coefficient (Wildman–Crippen LogP) is 6.40. The molecular formula is C23H38N2O. The molecule has 0 saturated heterocycles. The van der Waals surface area contributed by atoms with Gasteiger partial charge in [-0.1, -0.05) is 95.9 Å². The first-order chi connectivity index (χ1) is 12.7. The van der Waals surface area contributed by atoms with Crippen LogP contribution < -0.4 is 5.43 Å². The molecule has 1 N–H and O–H groups in total. The molecule has 146 valence electrons. The predicted molar refractivity (Wildman–Crippen MR) is 113 cm³/mol. The number of rotatable bonds is 14. The molecule has 1 aromatic carbocycles. The van der Waals surface area contributed by atoms with E-state index in [1.807, 2.05) is 6.92 Å². The number of nitrogens with zero attached hydrogens (tertiary/aromatic N) is 1. The summed E-state index contributed by atoms with van der Waals surface area (Å²) in [5.41, 5.74) is 5.96. The van der Waals surface area contributed by atoms with E-state index in [0.29, 0.717) is 6.42 Å². The molecule has 0 aliphatic heterocycles. The second-order valence-corrected chi connectivity index (χ2v) is 7.26. The normalized spacial score (nSPS) is 11.6. The molecule has 0 atom stereocenters. The Bertz CT molecular complexity index is 520. The number of hydrogen-bond donors (Lipinski definition) is 1. The lowest BCUT2D eigenvalue weighted by molar-refractivity contribution is -0.121. The van der Waals surface area contributed by atoms with E-state index < -0.39 is 0 Å². The van der Waals surface area contributed by atoms with Crippen molar-refractivity contribution < 1.29 is 4.79 Å². The molecule has 3 nitrogen and oxygen atoms in total. The molecule has 0 spiro atoms. The first kappa shape index (κ1) is 22.4. The van der Waals surface area contributed by atoms with Gasteiger partial charge in [-0.05, 0) is 30.9 Å². The van der Waals surface area contributed by atoms with Gasteiger partial charge in [0.05, 0.1) is 5.71 Å². The van der Waals surface area contributed by atoms with Gasteiger partial charge >= 0.3 is 0 Å². The molecule has 0 aliphatic carbocycles. The highest BCUT2D eigenvalue weighted by Gasteiger charge is 2.02. The number of benzene rings is 1. The third-order valence-corrected chi connectivity index (χ3v) is 4.77. The molecule has 0 saturated carbocycles. The fraction of sp³-hybridized carbons (Fsp3) is 0.652. The molecule has 0 fully saturated rings. The fourth-order valence-electron chi connectivity index (χ4n) is 3.06. The number of aryl methyl sites for hydroxylation is 1. The van der Waals surface area contributed by atoms with Gasteiger partial charge in [0.25, 0.3) is 0 Å². The molecule has 3 heteroatoms. The van der Waals surface area contributed by atoms with Crippen LogP contribution in [0, 0.1) is 0 Å². The summed E-state index contributed by atoms with van der Waals surface area (Å²) in [5.74, 6) is 0.0231. The highest BCUT2D eigenvalue weighted by molar-refractivity contribution is 5.99. The number of hydrazone groups is 1. The van der Waals surface area contributed by atoms with Gasteiger partial charge < -0.3 is 0 Å². The second kappa shape index (κ2) is 14.5. The maximum Gasteiger partial charge on any atom is 0.240 e. The van der Waals surface area contributed by atoms with Gasteiger partial charge in [-0.2, -0.15) is 5.10 Å². The van der Waals surface area contributed by atoms with Crippen LogP contribution in [0.2, 0.25) is 0 Å². The Hall–Kier alpha value is -1.64. The molecule has 0 unspecified atom stereocenters. The number of unbranched alkanes of at least 4 members (excludes halogenated alkanes) is 8. The van der Waals surface area contributed by atoms with E-state index >= 15 is 0 Å². The highest BCUT2D eigenvalue weighted by Crippen LogP contribution is 2.11. The van der Waals surface area contributed by atoms with Crippen LogP contribution in [-0.4, -0.2) is 11.6 Å². The first-order valence-corrected chi connectivity index (χ1v) is 10.6. The van der Waals surface area contributed by atoms with Crippen molar-refractivity contribution in [1.82, 2.24) is 5.43 Å². The van der Waals surface area contributed by atoms with Gasteiger partial charge in [0.2, 0.25) is 5.91 Å². The zero-order valence-electron chi connectivity index (χ0n) is 17.2. The molecule has 0 radical (unpaired) electrons. The molecule has 0 aliphatic rings. The van der Waals surface area contributed by atoms with Gasteiger partial charge in [-0.3, -0.25) is 4.79 Å². The number of carbonyl (C=O) groups excluding carboxylic acids is 1. The zero-order valence-corrected chi connectivity index (χ0v) is 17.2. The minimum Gasteiger partial charge on any atom is -0.273 e. The van der Waals surface area contributed by atoms with E-state index in [4.69, 9.17) is 0 Å². The minimum atomic E-state index is 0.0231. The molecule has 0 aromatic heterocycles. The van der Waals surface area contributed by atoms with Crippen LogP contribution in [0.5, 0.6) is 0 Å². The van der Waals surface area contributed by atoms with E-state index in [1.165, 1.54) is 50.5 Å². The van der Waals surface area contributed by atoms with Crippen LogP contribution in [-0.2, 0) is 11.2 Å². The van der Waals surface area contributed by atoms with Crippen LogP contribution in [0.25, 0.3) is 0 Å². The molecule has 1 amide bonds. The van der Waals surface area contributed by atoms with Crippen LogP contribution in [0.15, 0.2) is 29.4 Å². The Morgan fingerprint density at radius 3 is 2.00 bits per heavy atom. The van der Waals surface area contributed by atoms with Crippen molar-refractivity contribution in [3.8, 4) is 0 Å². The summed E-state index contributed by atoms with van der Waals surface area (Å²) in [6.07, 6.45) is 14.2. The molecule has 26 heavy (non-hydrogen) atoms. The maximum absolute atomic E-state index is 11.9. The van der Waals surface area contributed by atoms with Crippen molar-refractivity contribution in [3.63, 3.8) is 0 Å². The topological polar surface area (TPSA) is 41.5 Å². The molecule has 0 heterocycles. The van der Waals surface area contributed by atoms with Gasteiger partial charge in [0.15, 0.2) is 0 Å². The summed E-state index contributed by atoms with van der Waals surface area (Å²) in [5, 5.41) is 4.24. The standard InChI is InChI=1S/C23H38N2O/c1-4-6-7-8-9-10-11-12-13-15-23(26)25-24-20(3)22-18-16-21(14-5-2)17-19-22/h16-19H,4-15H2,1-3H3,(H,25,26)/b24-20+. The van der Waals surface area contributed by atoms with Crippen LogP contribution in [0.4, 0.5) is 0 Å². The summed E-state index contributed by atoms with van der Waals surface area (Å²) < 4.78 is 0. The smallest absolute Gasteiger partial charge is 0.240 e. The van der Waals surface area contributed by atoms with E-state index in [0.717, 1.165) is 37.0 Å². The van der Waals surface area contributed by atoms with Gasteiger partial charge in [-0.25, -0.2) is 5.43 Å². The van der Waals surface area contributed by atoms with Crippen LogP contribution >= 0.6 is 0 Å². The summed E-state index contributed by atoms with van der Waals surface area (Å²) in [6, 6.07) is 8.44. The van der Waals surface area contributed by atoms with E-state index in [9.17, 15) is 4.79 Å². The van der Waals surface area contributed by atoms with E-state index in [1.54, 1.807) is 0 Å². The lowest BCUT2D eigenvalue weighted by Crippen LogP contribution is -2.18. The molecule has 0 bridgehead atoms. The Balaban J connectivity index is 2.15. The summed E-state index contributed by atoms with van der Waals surface area (Å²) in [6.45, 7) is 6.37. The number of amides is 1. The average molecular weight is 359 g/mol. The van der Waals surface area contributed by atoms with Gasteiger partial charge in [0, 0.05) is 6.42 Å². The summed E-state index contributed by atoms with van der Waals surface area (Å²) in [4.78, 5) is 11.9. The lowest BCUT2D eigenvalue weighted by Gasteiger charge is -2.05. The second-order valence-electron chi connectivity index (χ2n) is 7.26. The Labute approximate surface area is 160 Å². The third-order valence-electron chi connectivity index (χ3n) is 4.77. The number of nitrogens with one attached hydrogen (secondary N) is 1. The Morgan fingerprint density at radius 2 is 1.42 bits per heavy atom. The van der Waals surface area contributed by atoms with Gasteiger partial charge in [0.1, 0.15) is 0 Å². The maximum atomic E-state index is 11.9. The van der Waals surface area contributed by atoms with Crippen LogP contribution in [0.1, 0.15) is 103 Å². The molecule has 1 aromatic rings. The monoisotopic (exact) mass is 358 g/mol. The highest BCUT2D eigenvalue weighted by atomic mass is 16.2. The van der Waals surface area contributed by atoms with Crippen molar-refractivity contribution in [2.24, 2.45) is 5.10 Å². The fourth-order valence-corrected chi connectivity index (χ4v) is 3.06. The molecule has 1 rings (SSSR count). The summed E-state index contributed by atoms with van der Waals surface area (Å²) >= 11 is 0. The van der Waals surface area contributed by atoms with Gasteiger partial charge in [-0.15, -0.1) is 0 Å². The van der Waals surface area contributed by atoms with E-state index in [-0.39, 0.29) is 5.91 Å². The van der Waals surface area contributed by atoms with Crippen molar-refractivity contribution in [1.29, 1.82) is 0 Å². The van der Waals surface area contributed by atoms with Crippen molar-refractivity contribution in [2.45, 2.75) is 97.8 Å². The number of hydrogen-bond acceptors (Lipinski definition) is 2. The van der Waals surface area contributed by atoms with Crippen molar-refractivity contribution in [2.75, 3.05) is 0 Å². The Kier molecular flexibility index (Phi) is 12.5. The van der Waals surface area contributed by atoms with Crippen molar-refractivity contribution in [3.05, 3.63) is 35.4 Å². The zero-order chi connectivity index (χ0) is 19.0. The quantitative estimate of drug-likeness (QED) is 0.233. The van der Waals surface area contributed by atoms with Crippen LogP contribution in [0.3, 0.4) is 0 Å². The third kappa shape index (κ3) is 10.4. The summed E-state index contributed by atoms with van der Waals surface area (Å²) in [7, 11) is 0. The van der Waals surface area contributed by atoms with Crippen molar-refractivity contribution >= 4 is 11.6 Å². The minimum absolute atomic E-state index is 0.0231. The SMILES string of the molecule is CCCCCCCCCCCC(=O)N/N=C(\C)c1ccc(CCC)cc1. The lowest BCUT2D eigenvalue weighted by atomic mass is 10.1. The molecular weight excluding hydrogens is 320 g/mol.